The van der Waals surface area contributed by atoms with Gasteiger partial charge in [0.25, 0.3) is 0 Å². The molecule has 0 radical (unpaired) electrons. The van der Waals surface area contributed by atoms with Crippen LogP contribution in [0.1, 0.15) is 136 Å². The van der Waals surface area contributed by atoms with Gasteiger partial charge in [-0.2, -0.15) is 0 Å². The molecule has 14 heterocycles. The third-order valence-electron chi connectivity index (χ3n) is 21.1. The number of aliphatic hydroxyl groups is 1. The lowest BCUT2D eigenvalue weighted by molar-refractivity contribution is -0.182. The van der Waals surface area contributed by atoms with Gasteiger partial charge in [-0.3, -0.25) is 24.7 Å². The van der Waals surface area contributed by atoms with E-state index in [1.807, 2.05) is 48.5 Å². The molecule has 0 amide bonds. The standard InChI is InChI=1S/C18H25FN2O.C18H24N2O.C10H14FN.C9H11BrFN.C9H13NO/c1-10-11(2)20-12(3)17(19)16(10)6-18(22)14-4-13-5-15(18)9-21(7-13)8-14;1-10-11(2)19-12(3)17-16(10)6-18(21-17)14-4-13-5-15(18)9-20(7-13)8-14;1-5-9-6(2)7(3)12-8(4)10(9)11;1-5-6(2)12-7(3)9(11)8(5)4-10;11-9-7-1-6-2-8(9)5-10(3-6)4-7/h13-15,22H,4-9H2,1-3H3;13-15H,4-9H2,1-3H3;5H2,1-4H3;4H2,1-3H3;6-8H,1-5H2. The Hall–Kier alpha value is -3.82. The molecule has 3 saturated carbocycles. The fourth-order valence-corrected chi connectivity index (χ4v) is 17.4. The number of Topliss-reactive ketones (excluding diaryl/α,β-unsaturated/α-hetero) is 1. The maximum atomic E-state index is 14.6. The number of pyridine rings is 4. The molecule has 0 aromatic carbocycles. The molecular weight excluding hydrogens is 1050 g/mol. The number of carbonyl (C=O) groups excluding carboxylic acids is 1. The van der Waals surface area contributed by atoms with Gasteiger partial charge in [0.15, 0.2) is 0 Å². The van der Waals surface area contributed by atoms with Crippen molar-refractivity contribution in [1.82, 2.24) is 34.6 Å². The van der Waals surface area contributed by atoms with E-state index in [-0.39, 0.29) is 23.1 Å². The van der Waals surface area contributed by atoms with Gasteiger partial charge in [-0.15, -0.1) is 0 Å². The highest BCUT2D eigenvalue weighted by atomic mass is 79.9. The second-order valence-electron chi connectivity index (χ2n) is 26.0. The molecule has 3 aliphatic carbocycles. The molecule has 1 N–H and O–H groups in total. The first-order chi connectivity index (χ1) is 36.9. The average molecular weight is 1140 g/mol. The maximum Gasteiger partial charge on any atom is 0.148 e. The van der Waals surface area contributed by atoms with Crippen LogP contribution in [0.2, 0.25) is 0 Å². The lowest BCUT2D eigenvalue weighted by Crippen LogP contribution is -2.68. The number of hydrogen-bond acceptors (Lipinski definition) is 10. The summed E-state index contributed by atoms with van der Waals surface area (Å²) in [4.78, 5) is 36.4. The van der Waals surface area contributed by atoms with Crippen molar-refractivity contribution in [1.29, 1.82) is 0 Å². The van der Waals surface area contributed by atoms with E-state index in [2.05, 4.69) is 66.4 Å². The van der Waals surface area contributed by atoms with E-state index in [1.54, 1.807) is 20.8 Å². The Kier molecular flexibility index (Phi) is 16.3. The summed E-state index contributed by atoms with van der Waals surface area (Å²) in [5, 5.41) is 12.0. The summed E-state index contributed by atoms with van der Waals surface area (Å²) in [5.41, 5.74) is 13.7. The van der Waals surface area contributed by atoms with Crippen LogP contribution in [0.3, 0.4) is 0 Å². The second kappa shape index (κ2) is 22.2. The molecule has 10 aliphatic heterocycles. The molecule has 424 valence electrons. The number of aromatic nitrogens is 4. The van der Waals surface area contributed by atoms with Gasteiger partial charge in [0.2, 0.25) is 0 Å². The van der Waals surface area contributed by atoms with Gasteiger partial charge in [-0.05, 0) is 179 Å². The van der Waals surface area contributed by atoms with Crippen LogP contribution < -0.4 is 4.74 Å². The van der Waals surface area contributed by atoms with Crippen LogP contribution >= 0.6 is 15.9 Å². The number of halogens is 4. The van der Waals surface area contributed by atoms with E-state index in [1.165, 1.54) is 75.2 Å². The first-order valence-corrected chi connectivity index (χ1v) is 30.6. The molecule has 4 aromatic rings. The number of nitrogens with zero attached hydrogens (tertiary/aromatic N) is 7. The summed E-state index contributed by atoms with van der Waals surface area (Å²) in [6.45, 7) is 35.5. The van der Waals surface area contributed by atoms with Crippen LogP contribution in [0.25, 0.3) is 0 Å². The third-order valence-corrected chi connectivity index (χ3v) is 21.7. The Balaban J connectivity index is 0.000000114. The number of ketones is 1. The molecule has 13 aliphatic rings. The monoisotopic (exact) mass is 1140 g/mol. The summed E-state index contributed by atoms with van der Waals surface area (Å²) in [7, 11) is 0. The quantitative estimate of drug-likeness (QED) is 0.199. The minimum Gasteiger partial charge on any atom is -0.484 e. The smallest absolute Gasteiger partial charge is 0.148 e. The topological polar surface area (TPSA) is 108 Å². The van der Waals surface area contributed by atoms with Gasteiger partial charge in [-0.1, -0.05) is 22.9 Å². The normalized spacial score (nSPS) is 33.3. The van der Waals surface area contributed by atoms with Crippen molar-refractivity contribution in [2.24, 2.45) is 53.3 Å². The zero-order valence-corrected chi connectivity index (χ0v) is 50.6. The maximum absolute atomic E-state index is 14.6. The lowest BCUT2D eigenvalue weighted by Gasteiger charge is -2.60. The van der Waals surface area contributed by atoms with Crippen molar-refractivity contribution >= 4 is 21.7 Å². The van der Waals surface area contributed by atoms with Crippen molar-refractivity contribution in [2.45, 2.75) is 164 Å². The summed E-state index contributed by atoms with van der Waals surface area (Å²) in [5.74, 6) is 6.63. The van der Waals surface area contributed by atoms with Crippen molar-refractivity contribution in [3.63, 3.8) is 0 Å². The molecule has 12 bridgehead atoms. The summed E-state index contributed by atoms with van der Waals surface area (Å²) in [6, 6.07) is 0. The molecular formula is C64H87BrF3N7O3. The number of alkyl halides is 1. The highest BCUT2D eigenvalue weighted by Gasteiger charge is 2.61. The molecule has 14 heteroatoms. The van der Waals surface area contributed by atoms with Crippen molar-refractivity contribution < 1.29 is 27.8 Å². The van der Waals surface area contributed by atoms with Crippen LogP contribution in [-0.4, -0.2) is 116 Å². The fraction of sp³-hybridized carbons (Fsp3) is 0.672. The van der Waals surface area contributed by atoms with Crippen molar-refractivity contribution in [3.8, 4) is 5.75 Å². The van der Waals surface area contributed by atoms with E-state index >= 15 is 0 Å². The number of piperidine rings is 9. The number of rotatable bonds is 4. The molecule has 78 heavy (non-hydrogen) atoms. The van der Waals surface area contributed by atoms with Crippen molar-refractivity contribution in [2.75, 3.05) is 58.9 Å². The highest BCUT2D eigenvalue weighted by molar-refractivity contribution is 9.08. The Bertz CT molecular complexity index is 2750. The Morgan fingerprint density at radius 2 is 0.897 bits per heavy atom. The molecule has 1 spiro atoms. The van der Waals surface area contributed by atoms with Gasteiger partial charge < -0.3 is 24.5 Å². The van der Waals surface area contributed by atoms with Crippen LogP contribution in [0.4, 0.5) is 13.2 Å². The summed E-state index contributed by atoms with van der Waals surface area (Å²) < 4.78 is 48.1. The molecule has 4 aromatic heterocycles. The van der Waals surface area contributed by atoms with Gasteiger partial charge in [0, 0.05) is 146 Å². The van der Waals surface area contributed by atoms with E-state index in [9.17, 15) is 23.1 Å². The van der Waals surface area contributed by atoms with E-state index in [4.69, 9.17) is 9.72 Å². The Morgan fingerprint density at radius 3 is 1.36 bits per heavy atom. The minimum absolute atomic E-state index is 0.0980. The number of aryl methyl sites for hydroxylation is 8. The van der Waals surface area contributed by atoms with Crippen LogP contribution in [0.15, 0.2) is 0 Å². The number of fused-ring (bicyclic) bond motifs is 1. The number of hydrogen-bond donors (Lipinski definition) is 1. The Labute approximate surface area is 471 Å². The molecule has 6 atom stereocenters. The molecule has 17 rings (SSSR count). The third kappa shape index (κ3) is 10.4. The van der Waals surface area contributed by atoms with Crippen LogP contribution in [0, 0.1) is 154 Å². The van der Waals surface area contributed by atoms with Crippen LogP contribution in [-0.2, 0) is 29.4 Å². The summed E-state index contributed by atoms with van der Waals surface area (Å²) >= 11 is 3.26. The predicted octanol–water partition coefficient (Wildman–Crippen LogP) is 11.3. The van der Waals surface area contributed by atoms with Crippen LogP contribution in [0.5, 0.6) is 5.75 Å². The lowest BCUT2D eigenvalue weighted by atomic mass is 9.57. The second-order valence-corrected chi connectivity index (χ2v) is 26.5. The molecule has 9 saturated heterocycles. The first kappa shape index (κ1) is 57.4. The van der Waals surface area contributed by atoms with Gasteiger partial charge in [-0.25, -0.2) is 13.2 Å². The van der Waals surface area contributed by atoms with E-state index in [0.29, 0.717) is 63.9 Å². The first-order valence-electron chi connectivity index (χ1n) is 29.4. The Morgan fingerprint density at radius 1 is 0.513 bits per heavy atom. The van der Waals surface area contributed by atoms with Gasteiger partial charge in [0.1, 0.15) is 34.6 Å². The number of ether oxygens (including phenoxy) is 1. The van der Waals surface area contributed by atoms with E-state index in [0.717, 1.165) is 138 Å². The largest absolute Gasteiger partial charge is 0.484 e. The predicted molar refractivity (Wildman–Crippen MR) is 305 cm³/mol. The average Bonchev–Trinajstić information content (AvgIpc) is 4.02. The zero-order chi connectivity index (χ0) is 56.0. The van der Waals surface area contributed by atoms with Gasteiger partial charge in [0.05, 0.1) is 28.4 Å². The fourth-order valence-electron chi connectivity index (χ4n) is 16.7. The molecule has 6 unspecified atom stereocenters. The molecule has 10 nitrogen and oxygen atoms in total. The number of carbonyl (C=O) groups is 1. The highest BCUT2D eigenvalue weighted by Crippen LogP contribution is 2.57. The summed E-state index contributed by atoms with van der Waals surface area (Å²) in [6.07, 6.45) is 9.69. The SMILES string of the molecule is CCc1c(C)c(C)nc(C)c1F.Cc1nc(C)c(F)c(CBr)c1C.Cc1nc(C)c(F)c(CC2(O)C3CC4CC2CN(C4)C3)c1C.Cc1nc(C)c2c(c1C)CC1(O2)C2CC3CC1CN(C3)C2.O=C1C2CC3CC1CN(C3)C2. The zero-order valence-electron chi connectivity index (χ0n) is 49.0. The molecule has 12 fully saturated rings. The van der Waals surface area contributed by atoms with E-state index < -0.39 is 5.60 Å². The minimum atomic E-state index is -0.737. The van der Waals surface area contributed by atoms with Crippen molar-refractivity contribution in [3.05, 3.63) is 108 Å². The van der Waals surface area contributed by atoms with Gasteiger partial charge >= 0.3 is 0 Å².